The summed E-state index contributed by atoms with van der Waals surface area (Å²) >= 11 is 0. The highest BCUT2D eigenvalue weighted by Crippen LogP contribution is 2.07. The van der Waals surface area contributed by atoms with Gasteiger partial charge >= 0.3 is 0 Å². The summed E-state index contributed by atoms with van der Waals surface area (Å²) in [7, 11) is 0. The SMILES string of the molecule is Br.C=C(CCC)n1ccnc1. The predicted molar refractivity (Wildman–Crippen MR) is 52.8 cm³/mol. The molecule has 1 rings (SSSR count). The largest absolute Gasteiger partial charge is 0.311 e. The lowest BCUT2D eigenvalue weighted by atomic mass is 10.3. The molecular weight excluding hydrogens is 204 g/mol. The fourth-order valence-electron chi connectivity index (χ4n) is 0.864. The summed E-state index contributed by atoms with van der Waals surface area (Å²) in [5.41, 5.74) is 1.11. The maximum absolute atomic E-state index is 3.93. The second-order valence-corrected chi connectivity index (χ2v) is 2.29. The summed E-state index contributed by atoms with van der Waals surface area (Å²) < 4.78 is 1.95. The minimum absolute atomic E-state index is 0. The standard InChI is InChI=1S/C8H12N2.BrH/c1-3-4-8(2)10-6-5-9-7-10;/h5-7H,2-4H2,1H3;1H. The minimum atomic E-state index is 0. The van der Waals surface area contributed by atoms with Crippen LogP contribution in [-0.4, -0.2) is 9.55 Å². The Balaban J connectivity index is 0.000001000. The molecule has 0 amide bonds. The van der Waals surface area contributed by atoms with Gasteiger partial charge in [-0.05, 0) is 6.42 Å². The van der Waals surface area contributed by atoms with Crippen molar-refractivity contribution in [1.82, 2.24) is 9.55 Å². The Morgan fingerprint density at radius 1 is 1.64 bits per heavy atom. The molecule has 0 spiro atoms. The van der Waals surface area contributed by atoms with Gasteiger partial charge in [0.1, 0.15) is 0 Å². The number of hydrogen-bond donors (Lipinski definition) is 0. The number of rotatable bonds is 3. The van der Waals surface area contributed by atoms with Crippen molar-refractivity contribution in [2.24, 2.45) is 0 Å². The molecule has 0 aliphatic heterocycles. The third kappa shape index (κ3) is 2.89. The third-order valence-corrected chi connectivity index (χ3v) is 1.41. The average Bonchev–Trinajstić information content (AvgIpc) is 2.38. The van der Waals surface area contributed by atoms with E-state index < -0.39 is 0 Å². The zero-order valence-corrected chi connectivity index (χ0v) is 8.37. The van der Waals surface area contributed by atoms with Crippen LogP contribution in [0.4, 0.5) is 0 Å². The molecule has 0 N–H and O–H groups in total. The summed E-state index contributed by atoms with van der Waals surface area (Å²) in [6, 6.07) is 0. The molecule has 3 heteroatoms. The van der Waals surface area contributed by atoms with Gasteiger partial charge in [-0.25, -0.2) is 4.98 Å². The number of imidazole rings is 1. The Labute approximate surface area is 77.7 Å². The number of nitrogens with zero attached hydrogens (tertiary/aromatic N) is 2. The lowest BCUT2D eigenvalue weighted by Crippen LogP contribution is -1.90. The van der Waals surface area contributed by atoms with Gasteiger partial charge in [-0.15, -0.1) is 17.0 Å². The number of hydrogen-bond acceptors (Lipinski definition) is 1. The molecule has 0 aliphatic rings. The topological polar surface area (TPSA) is 17.8 Å². The highest BCUT2D eigenvalue weighted by Gasteiger charge is 1.92. The van der Waals surface area contributed by atoms with Crippen LogP contribution in [-0.2, 0) is 0 Å². The molecule has 0 aliphatic carbocycles. The highest BCUT2D eigenvalue weighted by molar-refractivity contribution is 8.93. The van der Waals surface area contributed by atoms with Crippen LogP contribution in [0.2, 0.25) is 0 Å². The molecule has 1 aromatic rings. The van der Waals surface area contributed by atoms with Gasteiger partial charge in [-0.2, -0.15) is 0 Å². The van der Waals surface area contributed by atoms with Crippen LogP contribution >= 0.6 is 17.0 Å². The van der Waals surface area contributed by atoms with E-state index in [2.05, 4.69) is 18.5 Å². The Morgan fingerprint density at radius 3 is 2.82 bits per heavy atom. The van der Waals surface area contributed by atoms with Crippen LogP contribution < -0.4 is 0 Å². The number of halogens is 1. The first-order chi connectivity index (χ1) is 4.84. The first-order valence-corrected chi connectivity index (χ1v) is 3.50. The maximum atomic E-state index is 3.93. The van der Waals surface area contributed by atoms with Crippen LogP contribution in [0.1, 0.15) is 19.8 Å². The van der Waals surface area contributed by atoms with E-state index in [1.165, 1.54) is 0 Å². The van der Waals surface area contributed by atoms with Gasteiger partial charge in [0.2, 0.25) is 0 Å². The van der Waals surface area contributed by atoms with Crippen LogP contribution in [0, 0.1) is 0 Å². The highest BCUT2D eigenvalue weighted by atomic mass is 79.9. The Hall–Kier alpha value is -0.570. The van der Waals surface area contributed by atoms with Crippen molar-refractivity contribution in [2.45, 2.75) is 19.8 Å². The van der Waals surface area contributed by atoms with Gasteiger partial charge in [-0.3, -0.25) is 0 Å². The summed E-state index contributed by atoms with van der Waals surface area (Å²) in [6.45, 7) is 6.05. The molecule has 0 fully saturated rings. The van der Waals surface area contributed by atoms with E-state index in [0.29, 0.717) is 0 Å². The molecule has 62 valence electrons. The second-order valence-electron chi connectivity index (χ2n) is 2.29. The summed E-state index contributed by atoms with van der Waals surface area (Å²) in [5, 5.41) is 0. The van der Waals surface area contributed by atoms with Crippen molar-refractivity contribution < 1.29 is 0 Å². The third-order valence-electron chi connectivity index (χ3n) is 1.41. The molecule has 0 radical (unpaired) electrons. The zero-order chi connectivity index (χ0) is 7.40. The minimum Gasteiger partial charge on any atom is -0.311 e. The monoisotopic (exact) mass is 216 g/mol. The fraction of sp³-hybridized carbons (Fsp3) is 0.375. The molecule has 0 saturated carbocycles. The Bertz CT molecular complexity index is 204. The van der Waals surface area contributed by atoms with Crippen molar-refractivity contribution in [3.05, 3.63) is 25.3 Å². The normalized spacial score (nSPS) is 8.82. The summed E-state index contributed by atoms with van der Waals surface area (Å²) in [4.78, 5) is 3.93. The average molecular weight is 217 g/mol. The molecule has 2 nitrogen and oxygen atoms in total. The fourth-order valence-corrected chi connectivity index (χ4v) is 0.864. The molecule has 0 saturated heterocycles. The summed E-state index contributed by atoms with van der Waals surface area (Å²) in [5.74, 6) is 0. The number of aromatic nitrogens is 2. The van der Waals surface area contributed by atoms with E-state index in [1.54, 1.807) is 12.5 Å². The van der Waals surface area contributed by atoms with Crippen molar-refractivity contribution in [2.75, 3.05) is 0 Å². The molecule has 1 aromatic heterocycles. The Morgan fingerprint density at radius 2 is 2.36 bits per heavy atom. The first-order valence-electron chi connectivity index (χ1n) is 3.50. The van der Waals surface area contributed by atoms with Gasteiger partial charge in [0, 0.05) is 18.1 Å². The van der Waals surface area contributed by atoms with E-state index in [4.69, 9.17) is 0 Å². The molecule has 0 atom stereocenters. The van der Waals surface area contributed by atoms with E-state index in [-0.39, 0.29) is 17.0 Å². The predicted octanol–water partition coefficient (Wildman–Crippen LogP) is 2.73. The van der Waals surface area contributed by atoms with Crippen LogP contribution in [0.25, 0.3) is 5.70 Å². The van der Waals surface area contributed by atoms with Crippen LogP contribution in [0.5, 0.6) is 0 Å². The van der Waals surface area contributed by atoms with E-state index in [9.17, 15) is 0 Å². The van der Waals surface area contributed by atoms with Gasteiger partial charge in [0.05, 0.1) is 6.33 Å². The second kappa shape index (κ2) is 5.13. The van der Waals surface area contributed by atoms with Gasteiger partial charge in [0.15, 0.2) is 0 Å². The lowest BCUT2D eigenvalue weighted by Gasteiger charge is -2.02. The van der Waals surface area contributed by atoms with E-state index in [0.717, 1.165) is 18.5 Å². The molecular formula is C8H13BrN2. The quantitative estimate of drug-likeness (QED) is 0.761. The molecule has 11 heavy (non-hydrogen) atoms. The molecule has 0 bridgehead atoms. The molecule has 1 heterocycles. The Kier molecular flexibility index (Phi) is 4.86. The molecule has 0 unspecified atom stereocenters. The summed E-state index contributed by atoms with van der Waals surface area (Å²) in [6.07, 6.45) is 7.63. The van der Waals surface area contributed by atoms with E-state index >= 15 is 0 Å². The number of allylic oxidation sites excluding steroid dienone is 1. The first kappa shape index (κ1) is 10.4. The van der Waals surface area contributed by atoms with Crippen molar-refractivity contribution in [3.63, 3.8) is 0 Å². The van der Waals surface area contributed by atoms with Crippen LogP contribution in [0.15, 0.2) is 25.3 Å². The van der Waals surface area contributed by atoms with Crippen LogP contribution in [0.3, 0.4) is 0 Å². The van der Waals surface area contributed by atoms with Crippen molar-refractivity contribution in [3.8, 4) is 0 Å². The molecule has 0 aromatic carbocycles. The zero-order valence-electron chi connectivity index (χ0n) is 6.66. The van der Waals surface area contributed by atoms with Crippen molar-refractivity contribution in [1.29, 1.82) is 0 Å². The smallest absolute Gasteiger partial charge is 0.0988 e. The lowest BCUT2D eigenvalue weighted by molar-refractivity contribution is 0.904. The maximum Gasteiger partial charge on any atom is 0.0988 e. The van der Waals surface area contributed by atoms with Crippen molar-refractivity contribution >= 4 is 22.7 Å². The van der Waals surface area contributed by atoms with Gasteiger partial charge in [-0.1, -0.05) is 19.9 Å². The van der Waals surface area contributed by atoms with Gasteiger partial charge in [0.25, 0.3) is 0 Å². The van der Waals surface area contributed by atoms with Gasteiger partial charge < -0.3 is 4.57 Å². The van der Waals surface area contributed by atoms with E-state index in [1.807, 2.05) is 10.8 Å².